The Hall–Kier alpha value is -3.94. The maximum absolute atomic E-state index is 13.6. The fourth-order valence-electron chi connectivity index (χ4n) is 3.98. The molecule has 8 nitrogen and oxygen atoms in total. The molecule has 31 heavy (non-hydrogen) atoms. The number of aromatic carboxylic acids is 1. The van der Waals surface area contributed by atoms with Crippen molar-refractivity contribution in [1.29, 1.82) is 0 Å². The van der Waals surface area contributed by atoms with Crippen molar-refractivity contribution in [3.05, 3.63) is 82.9 Å². The Balaban J connectivity index is 1.84. The van der Waals surface area contributed by atoms with E-state index >= 15 is 0 Å². The molecule has 0 radical (unpaired) electrons. The number of hydrogen-bond acceptors (Lipinski definition) is 5. The Labute approximate surface area is 179 Å². The molecule has 0 fully saturated rings. The molecule has 1 aliphatic rings. The number of carbonyl (C=O) groups excluding carboxylic acids is 2. The number of ketones is 1. The largest absolute Gasteiger partial charge is 0.478 e. The minimum absolute atomic E-state index is 0.0420. The number of anilines is 1. The van der Waals surface area contributed by atoms with Crippen LogP contribution in [0.1, 0.15) is 54.4 Å². The van der Waals surface area contributed by atoms with Gasteiger partial charge in [0, 0.05) is 44.8 Å². The average Bonchev–Trinajstić information content (AvgIpc) is 3.18. The number of Topliss-reactive ketones (excluding diaryl/α,β-unsaturated/α-hetero) is 1. The first kappa shape index (κ1) is 20.3. The number of aromatic nitrogens is 2. The number of hydrogen-bond donors (Lipinski definition) is 2. The van der Waals surface area contributed by atoms with E-state index in [-0.39, 0.29) is 22.8 Å². The van der Waals surface area contributed by atoms with Crippen molar-refractivity contribution in [2.75, 3.05) is 19.4 Å². The van der Waals surface area contributed by atoms with Crippen LogP contribution in [0.4, 0.5) is 5.69 Å². The monoisotopic (exact) mass is 418 g/mol. The van der Waals surface area contributed by atoms with Gasteiger partial charge in [0.2, 0.25) is 0 Å². The molecule has 0 spiro atoms. The lowest BCUT2D eigenvalue weighted by Gasteiger charge is -2.34. The lowest BCUT2D eigenvalue weighted by Crippen LogP contribution is -2.34. The molecule has 8 heteroatoms. The third kappa shape index (κ3) is 3.46. The van der Waals surface area contributed by atoms with E-state index in [1.807, 2.05) is 12.1 Å². The molecule has 0 saturated heterocycles. The Kier molecular flexibility index (Phi) is 5.06. The number of fused-ring (bicyclic) bond motifs is 1. The zero-order chi connectivity index (χ0) is 22.3. The Morgan fingerprint density at radius 2 is 1.84 bits per heavy atom. The van der Waals surface area contributed by atoms with Crippen molar-refractivity contribution in [2.45, 2.75) is 12.0 Å². The zero-order valence-electron chi connectivity index (χ0n) is 17.4. The van der Waals surface area contributed by atoms with E-state index in [1.165, 1.54) is 11.0 Å². The summed E-state index contributed by atoms with van der Waals surface area (Å²) in [6, 6.07) is 11.3. The summed E-state index contributed by atoms with van der Waals surface area (Å²) in [6.07, 6.45) is 3.36. The predicted molar refractivity (Wildman–Crippen MR) is 115 cm³/mol. The molecular formula is C23H22N4O4. The molecule has 0 bridgehead atoms. The first-order chi connectivity index (χ1) is 14.8. The second-order valence-electron chi connectivity index (χ2n) is 7.72. The molecule has 4 rings (SSSR count). The summed E-state index contributed by atoms with van der Waals surface area (Å²) < 4.78 is 1.76. The summed E-state index contributed by atoms with van der Waals surface area (Å²) >= 11 is 0. The maximum Gasteiger partial charge on any atom is 0.336 e. The van der Waals surface area contributed by atoms with Crippen LogP contribution in [-0.2, 0) is 7.05 Å². The molecule has 3 aromatic rings. The van der Waals surface area contributed by atoms with Crippen molar-refractivity contribution < 1.29 is 19.5 Å². The van der Waals surface area contributed by atoms with Crippen molar-refractivity contribution in [1.82, 2.24) is 14.5 Å². The van der Waals surface area contributed by atoms with Crippen LogP contribution < -0.4 is 5.32 Å². The van der Waals surface area contributed by atoms with Crippen LogP contribution in [0.5, 0.6) is 0 Å². The van der Waals surface area contributed by atoms with E-state index in [1.54, 1.807) is 62.4 Å². The van der Waals surface area contributed by atoms with E-state index in [9.17, 15) is 19.5 Å². The van der Waals surface area contributed by atoms with Crippen molar-refractivity contribution in [2.24, 2.45) is 7.05 Å². The fourth-order valence-corrected chi connectivity index (χ4v) is 3.98. The maximum atomic E-state index is 13.6. The lowest BCUT2D eigenvalue weighted by molar-refractivity contribution is 0.0690. The number of nitrogens with zero attached hydrogens (tertiary/aromatic N) is 3. The topological polar surface area (TPSA) is 105 Å². The summed E-state index contributed by atoms with van der Waals surface area (Å²) in [6.45, 7) is 0. The highest BCUT2D eigenvalue weighted by Crippen LogP contribution is 2.43. The van der Waals surface area contributed by atoms with Gasteiger partial charge in [0.1, 0.15) is 11.7 Å². The second kappa shape index (κ2) is 7.71. The van der Waals surface area contributed by atoms with Crippen LogP contribution in [0.3, 0.4) is 0 Å². The molecule has 1 aliphatic heterocycles. The number of imidazole rings is 1. The van der Waals surface area contributed by atoms with Gasteiger partial charge in [0.25, 0.3) is 5.91 Å². The van der Waals surface area contributed by atoms with Gasteiger partial charge < -0.3 is 19.9 Å². The first-order valence-electron chi connectivity index (χ1n) is 9.75. The highest BCUT2D eigenvalue weighted by molar-refractivity contribution is 6.14. The quantitative estimate of drug-likeness (QED) is 0.675. The summed E-state index contributed by atoms with van der Waals surface area (Å²) in [5.74, 6) is -1.78. The number of aryl methyl sites for hydroxylation is 1. The third-order valence-corrected chi connectivity index (χ3v) is 5.53. The fraction of sp³-hybridized carbons (Fsp3) is 0.217. The average molecular weight is 418 g/mol. The van der Waals surface area contributed by atoms with Crippen molar-refractivity contribution in [3.63, 3.8) is 0 Å². The van der Waals surface area contributed by atoms with Gasteiger partial charge in [-0.2, -0.15) is 0 Å². The number of rotatable bonds is 4. The van der Waals surface area contributed by atoms with Gasteiger partial charge in [-0.15, -0.1) is 0 Å². The van der Waals surface area contributed by atoms with Gasteiger partial charge in [-0.1, -0.05) is 18.2 Å². The molecule has 2 unspecified atom stereocenters. The highest BCUT2D eigenvalue weighted by Gasteiger charge is 2.41. The first-order valence-corrected chi connectivity index (χ1v) is 9.75. The Bertz CT molecular complexity index is 1180. The van der Waals surface area contributed by atoms with E-state index in [0.717, 1.165) is 5.56 Å². The van der Waals surface area contributed by atoms with Crippen LogP contribution in [0, 0.1) is 0 Å². The SMILES string of the molecule is CN(C)C(=O)c1ccc(C2Nc3cccc(C(=O)O)c3C(=O)C2c2nccn2C)cc1. The minimum atomic E-state index is -1.16. The van der Waals surface area contributed by atoms with Crippen LogP contribution >= 0.6 is 0 Å². The molecule has 2 atom stereocenters. The molecule has 1 amide bonds. The number of nitrogens with one attached hydrogen (secondary N) is 1. The molecule has 2 heterocycles. The number of amides is 1. The van der Waals surface area contributed by atoms with Crippen LogP contribution in [0.15, 0.2) is 54.9 Å². The van der Waals surface area contributed by atoms with E-state index in [4.69, 9.17) is 0 Å². The van der Waals surface area contributed by atoms with Crippen molar-refractivity contribution in [3.8, 4) is 0 Å². The van der Waals surface area contributed by atoms with E-state index in [0.29, 0.717) is 17.1 Å². The van der Waals surface area contributed by atoms with E-state index in [2.05, 4.69) is 10.3 Å². The molecule has 1 aromatic heterocycles. The molecule has 2 N–H and O–H groups in total. The highest BCUT2D eigenvalue weighted by atomic mass is 16.4. The summed E-state index contributed by atoms with van der Waals surface area (Å²) in [5.41, 5.74) is 1.91. The number of carbonyl (C=O) groups is 3. The third-order valence-electron chi connectivity index (χ3n) is 5.53. The minimum Gasteiger partial charge on any atom is -0.478 e. The van der Waals surface area contributed by atoms with Gasteiger partial charge in [-0.25, -0.2) is 9.78 Å². The normalized spacial score (nSPS) is 17.6. The van der Waals surface area contributed by atoms with Crippen LogP contribution in [-0.4, -0.2) is 51.3 Å². The van der Waals surface area contributed by atoms with E-state index < -0.39 is 17.9 Å². The summed E-state index contributed by atoms with van der Waals surface area (Å²) in [5, 5.41) is 12.9. The predicted octanol–water partition coefficient (Wildman–Crippen LogP) is 2.95. The Morgan fingerprint density at radius 3 is 2.42 bits per heavy atom. The second-order valence-corrected chi connectivity index (χ2v) is 7.72. The molecule has 2 aromatic carbocycles. The van der Waals surface area contributed by atoms with Gasteiger partial charge >= 0.3 is 5.97 Å². The van der Waals surface area contributed by atoms with Gasteiger partial charge in [0.15, 0.2) is 5.78 Å². The zero-order valence-corrected chi connectivity index (χ0v) is 17.4. The summed E-state index contributed by atoms with van der Waals surface area (Å²) in [7, 11) is 5.17. The standard InChI is InChI=1S/C23H22N4O4/c1-26(2)22(29)14-9-7-13(8-10-14)19-18(21-24-11-12-27(21)3)20(28)17-15(23(30)31)5-4-6-16(17)25-19/h4-12,18-19,25H,1-3H3,(H,30,31). The molecule has 0 saturated carbocycles. The molecular weight excluding hydrogens is 396 g/mol. The summed E-state index contributed by atoms with van der Waals surface area (Å²) in [4.78, 5) is 43.5. The molecule has 158 valence electrons. The number of benzene rings is 2. The molecule has 0 aliphatic carbocycles. The number of carboxylic acids is 1. The lowest BCUT2D eigenvalue weighted by atomic mass is 9.80. The van der Waals surface area contributed by atoms with Crippen LogP contribution in [0.2, 0.25) is 0 Å². The van der Waals surface area contributed by atoms with Gasteiger partial charge in [-0.05, 0) is 29.8 Å². The van der Waals surface area contributed by atoms with Gasteiger partial charge in [-0.3, -0.25) is 9.59 Å². The Morgan fingerprint density at radius 1 is 1.13 bits per heavy atom. The number of carboxylic acid groups (broad SMARTS) is 1. The van der Waals surface area contributed by atoms with Crippen LogP contribution in [0.25, 0.3) is 0 Å². The smallest absolute Gasteiger partial charge is 0.336 e. The van der Waals surface area contributed by atoms with Crippen molar-refractivity contribution >= 4 is 23.3 Å². The van der Waals surface area contributed by atoms with Gasteiger partial charge in [0.05, 0.1) is 17.2 Å².